The van der Waals surface area contributed by atoms with Crippen molar-refractivity contribution in [1.82, 2.24) is 35.1 Å². The van der Waals surface area contributed by atoms with Crippen LogP contribution in [0.5, 0.6) is 0 Å². The van der Waals surface area contributed by atoms with E-state index in [0.717, 1.165) is 36.3 Å². The van der Waals surface area contributed by atoms with E-state index in [9.17, 15) is 37.3 Å². The van der Waals surface area contributed by atoms with E-state index < -0.39 is 42.7 Å². The molecule has 4 fully saturated rings. The molecule has 54 heavy (non-hydrogen) atoms. The Morgan fingerprint density at radius 2 is 1.78 bits per heavy atom. The van der Waals surface area contributed by atoms with Crippen molar-refractivity contribution < 1.29 is 51.6 Å². The van der Waals surface area contributed by atoms with E-state index in [-0.39, 0.29) is 72.2 Å². The Morgan fingerprint density at radius 1 is 1.04 bits per heavy atom. The standard InChI is InChI=1S/C34H40F2N7O9PS/c1-18(44)40-11-9-23-6-7-26(33(48)41-12-10-24(15-41)42(19(2)45)17-29-38-31(52-39-29)20-3-4-20)43(23)32(47)25(16-40)37-30(46)28-14-21-13-22(5-8-27(21)54-28)34(35,36)53(49,50)51/h5,8,13-14,20,23-26H,3-4,6-7,9-12,15-17H2,1-2H3,(H,37,46)(H2,49,50,51)/t23-,24?,25+,26+/m1/s1. The van der Waals surface area contributed by atoms with Crippen molar-refractivity contribution in [3.63, 3.8) is 0 Å². The molecule has 3 N–H and O–H groups in total. The fourth-order valence-corrected chi connectivity index (χ4v) is 9.06. The Balaban J connectivity index is 1.07. The number of alkyl halides is 2. The third-order valence-corrected chi connectivity index (χ3v) is 12.8. The van der Waals surface area contributed by atoms with Crippen LogP contribution in [0, 0.1) is 0 Å². The molecule has 1 aliphatic carbocycles. The number of halogens is 2. The van der Waals surface area contributed by atoms with Gasteiger partial charge in [0.15, 0.2) is 5.82 Å². The highest BCUT2D eigenvalue weighted by Gasteiger charge is 2.51. The smallest absolute Gasteiger partial charge is 0.340 e. The van der Waals surface area contributed by atoms with E-state index in [1.54, 1.807) is 9.80 Å². The molecule has 3 aromatic rings. The molecule has 2 aromatic heterocycles. The summed E-state index contributed by atoms with van der Waals surface area (Å²) in [5, 5.41) is 6.89. The maximum Gasteiger partial charge on any atom is 0.399 e. The fraction of sp³-hybridized carbons (Fsp3) is 0.559. The first-order valence-corrected chi connectivity index (χ1v) is 20.2. The van der Waals surface area contributed by atoms with Gasteiger partial charge in [-0.2, -0.15) is 13.8 Å². The quantitative estimate of drug-likeness (QED) is 0.269. The van der Waals surface area contributed by atoms with Crippen LogP contribution in [-0.2, 0) is 36.0 Å². The average Bonchev–Trinajstić information content (AvgIpc) is 3.49. The topological polar surface area (TPSA) is 207 Å². The van der Waals surface area contributed by atoms with Crippen molar-refractivity contribution in [3.05, 3.63) is 46.4 Å². The summed E-state index contributed by atoms with van der Waals surface area (Å²) in [6.07, 6.45) is 3.81. The van der Waals surface area contributed by atoms with Gasteiger partial charge < -0.3 is 39.2 Å². The fourth-order valence-electron chi connectivity index (χ4n) is 7.64. The number of carbonyl (C=O) groups is 5. The van der Waals surface area contributed by atoms with Crippen LogP contribution in [0.4, 0.5) is 8.78 Å². The summed E-state index contributed by atoms with van der Waals surface area (Å²) < 4.78 is 46.0. The second-order valence-electron chi connectivity index (χ2n) is 14.4. The van der Waals surface area contributed by atoms with Gasteiger partial charge in [-0.05, 0) is 62.1 Å². The van der Waals surface area contributed by atoms with Crippen molar-refractivity contribution in [2.75, 3.05) is 26.2 Å². The highest BCUT2D eigenvalue weighted by Crippen LogP contribution is 2.59. The Kier molecular flexibility index (Phi) is 10.1. The molecule has 20 heteroatoms. The van der Waals surface area contributed by atoms with Crippen LogP contribution < -0.4 is 5.32 Å². The number of benzene rings is 1. The van der Waals surface area contributed by atoms with Crippen LogP contribution in [0.2, 0.25) is 0 Å². The van der Waals surface area contributed by atoms with E-state index in [2.05, 4.69) is 15.5 Å². The largest absolute Gasteiger partial charge is 0.399 e. The molecule has 4 aliphatic rings. The van der Waals surface area contributed by atoms with Gasteiger partial charge in [0.2, 0.25) is 29.5 Å². The van der Waals surface area contributed by atoms with Gasteiger partial charge in [-0.25, -0.2) is 0 Å². The van der Waals surface area contributed by atoms with Crippen LogP contribution in [0.15, 0.2) is 28.8 Å². The van der Waals surface area contributed by atoms with Gasteiger partial charge in [-0.1, -0.05) is 11.2 Å². The van der Waals surface area contributed by atoms with E-state index in [1.807, 2.05) is 0 Å². The summed E-state index contributed by atoms with van der Waals surface area (Å²) in [6, 6.07) is 1.55. The Morgan fingerprint density at radius 3 is 2.46 bits per heavy atom. The third kappa shape index (κ3) is 7.38. The summed E-state index contributed by atoms with van der Waals surface area (Å²) >= 11 is 0.932. The molecule has 5 amide bonds. The SMILES string of the molecule is CC(=O)N1CC[C@H]2CC[C@@H](C(=O)N3CCC(N(Cc4noc(C5CC5)n4)C(C)=O)C3)N2C(=O)[C@@H](NC(=O)c2cc3cc(C(F)(F)P(=O)(O)O)ccc3s2)C1. The number of amides is 5. The minimum atomic E-state index is -5.82. The van der Waals surface area contributed by atoms with Gasteiger partial charge in [0.25, 0.3) is 5.91 Å². The highest BCUT2D eigenvalue weighted by atomic mass is 32.1. The van der Waals surface area contributed by atoms with Gasteiger partial charge in [0, 0.05) is 62.2 Å². The number of rotatable bonds is 9. The Labute approximate surface area is 312 Å². The number of nitrogens with one attached hydrogen (secondary N) is 1. The molecule has 16 nitrogen and oxygen atoms in total. The normalized spacial score (nSPS) is 23.7. The van der Waals surface area contributed by atoms with Crippen molar-refractivity contribution in [3.8, 4) is 0 Å². The lowest BCUT2D eigenvalue weighted by molar-refractivity contribution is -0.148. The van der Waals surface area contributed by atoms with E-state index in [0.29, 0.717) is 48.6 Å². The maximum atomic E-state index is 14.4. The Hall–Kier alpha value is -4.32. The van der Waals surface area contributed by atoms with Crippen LogP contribution >= 0.6 is 18.9 Å². The minimum absolute atomic E-state index is 0.0409. The van der Waals surface area contributed by atoms with Crippen molar-refractivity contribution in [1.29, 1.82) is 0 Å². The second-order valence-corrected chi connectivity index (χ2v) is 17.2. The van der Waals surface area contributed by atoms with Gasteiger partial charge in [-0.15, -0.1) is 11.3 Å². The predicted octanol–water partition coefficient (Wildman–Crippen LogP) is 2.75. The first-order valence-electron chi connectivity index (χ1n) is 17.8. The molecule has 7 rings (SSSR count). The van der Waals surface area contributed by atoms with Crippen LogP contribution in [0.3, 0.4) is 0 Å². The number of aromatic nitrogens is 2. The predicted molar refractivity (Wildman–Crippen MR) is 187 cm³/mol. The van der Waals surface area contributed by atoms with Crippen LogP contribution in [0.1, 0.15) is 85.2 Å². The second kappa shape index (κ2) is 14.4. The summed E-state index contributed by atoms with van der Waals surface area (Å²) in [4.78, 5) is 96.5. The summed E-state index contributed by atoms with van der Waals surface area (Å²) in [6.45, 7) is 3.69. The lowest BCUT2D eigenvalue weighted by Crippen LogP contribution is -2.61. The molecule has 0 bridgehead atoms. The number of thiophene rings is 1. The molecule has 0 spiro atoms. The molecular weight excluding hydrogens is 751 g/mol. The first kappa shape index (κ1) is 38.0. The number of likely N-dealkylation sites (tertiary alicyclic amines) is 1. The van der Waals surface area contributed by atoms with Gasteiger partial charge in [-0.3, -0.25) is 28.5 Å². The summed E-state index contributed by atoms with van der Waals surface area (Å²) in [5.74, 6) is -0.795. The number of nitrogens with zero attached hydrogens (tertiary/aromatic N) is 6. The molecule has 0 radical (unpaired) electrons. The third-order valence-electron chi connectivity index (χ3n) is 10.7. The lowest BCUT2D eigenvalue weighted by atomic mass is 10.1. The maximum absolute atomic E-state index is 14.4. The van der Waals surface area contributed by atoms with Crippen LogP contribution in [0.25, 0.3) is 10.1 Å². The average molecular weight is 792 g/mol. The van der Waals surface area contributed by atoms with Crippen LogP contribution in [-0.4, -0.2) is 119 Å². The molecule has 4 atom stereocenters. The molecule has 1 unspecified atom stereocenters. The van der Waals surface area contributed by atoms with Crippen molar-refractivity contribution >= 4 is 58.6 Å². The number of hydrogen-bond donors (Lipinski definition) is 3. The molecular formula is C34H40F2N7O9PS. The van der Waals surface area contributed by atoms with E-state index >= 15 is 0 Å². The van der Waals surface area contributed by atoms with E-state index in [4.69, 9.17) is 14.3 Å². The molecule has 3 aliphatic heterocycles. The minimum Gasteiger partial charge on any atom is -0.340 e. The van der Waals surface area contributed by atoms with Gasteiger partial charge >= 0.3 is 13.3 Å². The monoisotopic (exact) mass is 791 g/mol. The summed E-state index contributed by atoms with van der Waals surface area (Å²) in [5.41, 5.74) is -5.35. The zero-order valence-corrected chi connectivity index (χ0v) is 31.2. The highest BCUT2D eigenvalue weighted by molar-refractivity contribution is 7.52. The van der Waals surface area contributed by atoms with E-state index in [1.165, 1.54) is 35.8 Å². The lowest BCUT2D eigenvalue weighted by Gasteiger charge is -2.39. The zero-order valence-electron chi connectivity index (χ0n) is 29.5. The van der Waals surface area contributed by atoms with Crippen molar-refractivity contribution in [2.45, 2.75) is 94.7 Å². The number of hydrogen-bond acceptors (Lipinski definition) is 10. The first-order chi connectivity index (χ1) is 25.5. The molecule has 5 heterocycles. The summed E-state index contributed by atoms with van der Waals surface area (Å²) in [7, 11) is -5.82. The van der Waals surface area contributed by atoms with Crippen molar-refractivity contribution in [2.24, 2.45) is 0 Å². The number of carbonyl (C=O) groups excluding carboxylic acids is 5. The van der Waals surface area contributed by atoms with Gasteiger partial charge in [0.05, 0.1) is 17.5 Å². The Bertz CT molecular complexity index is 2050. The number of fused-ring (bicyclic) bond motifs is 2. The molecule has 290 valence electrons. The molecule has 1 saturated carbocycles. The zero-order chi connectivity index (χ0) is 38.7. The van der Waals surface area contributed by atoms with Gasteiger partial charge in [0.1, 0.15) is 12.1 Å². The molecule has 3 saturated heterocycles. The molecule has 1 aromatic carbocycles.